The average molecular weight is 581 g/mol. The largest absolute Gasteiger partial charge is 0.507 e. The molecule has 5 rings (SSSR count). The Kier molecular flexibility index (Phi) is 9.86. The Bertz CT molecular complexity index is 1300. The van der Waals surface area contributed by atoms with E-state index in [4.69, 9.17) is 23.7 Å². The van der Waals surface area contributed by atoms with E-state index in [0.717, 1.165) is 32.4 Å². The van der Waals surface area contributed by atoms with Crippen molar-refractivity contribution in [1.29, 1.82) is 0 Å². The number of morpholine rings is 1. The van der Waals surface area contributed by atoms with E-state index in [1.165, 1.54) is 0 Å². The first kappa shape index (κ1) is 29.7. The first-order chi connectivity index (χ1) is 20.5. The van der Waals surface area contributed by atoms with Crippen LogP contribution in [0.5, 0.6) is 23.0 Å². The maximum Gasteiger partial charge on any atom is 0.295 e. The Morgan fingerprint density at radius 3 is 2.45 bits per heavy atom. The summed E-state index contributed by atoms with van der Waals surface area (Å²) in [5, 5.41) is 11.6. The molecule has 0 aliphatic carbocycles. The third-order valence-corrected chi connectivity index (χ3v) is 7.71. The van der Waals surface area contributed by atoms with Gasteiger partial charge in [0.05, 0.1) is 38.0 Å². The molecule has 0 bridgehead atoms. The molecule has 0 saturated carbocycles. The SMILES string of the molecule is CCCCCOc1ccc([C@@H]2C(=C(O)c3ccc4c(c3)OCCO4)C(=O)C(=O)N2CCN2CCOCC2)cc1OCC. The van der Waals surface area contributed by atoms with Gasteiger partial charge in [0, 0.05) is 31.7 Å². The molecule has 10 nitrogen and oxygen atoms in total. The highest BCUT2D eigenvalue weighted by Gasteiger charge is 2.46. The molecule has 2 aromatic carbocycles. The molecule has 1 atom stereocenters. The number of nitrogens with zero attached hydrogens (tertiary/aromatic N) is 2. The lowest BCUT2D eigenvalue weighted by molar-refractivity contribution is -0.140. The number of ketones is 1. The smallest absolute Gasteiger partial charge is 0.295 e. The van der Waals surface area contributed by atoms with E-state index in [1.54, 1.807) is 23.1 Å². The van der Waals surface area contributed by atoms with Gasteiger partial charge in [-0.25, -0.2) is 0 Å². The Morgan fingerprint density at radius 1 is 0.905 bits per heavy atom. The predicted octanol–water partition coefficient (Wildman–Crippen LogP) is 4.18. The number of rotatable bonds is 12. The van der Waals surface area contributed by atoms with Gasteiger partial charge in [0.25, 0.3) is 11.7 Å². The second-order valence-electron chi connectivity index (χ2n) is 10.5. The van der Waals surface area contributed by atoms with Crippen molar-refractivity contribution in [2.75, 3.05) is 65.8 Å². The lowest BCUT2D eigenvalue weighted by atomic mass is 9.94. The van der Waals surface area contributed by atoms with Crippen LogP contribution in [0.15, 0.2) is 42.0 Å². The van der Waals surface area contributed by atoms with Crippen LogP contribution in [0, 0.1) is 0 Å². The fourth-order valence-corrected chi connectivity index (χ4v) is 5.49. The molecule has 0 radical (unpaired) electrons. The van der Waals surface area contributed by atoms with E-state index in [1.807, 2.05) is 25.1 Å². The van der Waals surface area contributed by atoms with Crippen molar-refractivity contribution in [2.24, 2.45) is 0 Å². The highest BCUT2D eigenvalue weighted by atomic mass is 16.6. The number of unbranched alkanes of at least 4 members (excludes halogenated alkanes) is 2. The summed E-state index contributed by atoms with van der Waals surface area (Å²) in [5.41, 5.74) is 1.05. The van der Waals surface area contributed by atoms with Crippen LogP contribution in [0.25, 0.3) is 5.76 Å². The number of aliphatic hydroxyl groups is 1. The van der Waals surface area contributed by atoms with Crippen LogP contribution in [-0.4, -0.2) is 92.4 Å². The number of carbonyl (C=O) groups is 2. The van der Waals surface area contributed by atoms with Crippen molar-refractivity contribution in [2.45, 2.75) is 39.2 Å². The van der Waals surface area contributed by atoms with E-state index < -0.39 is 17.7 Å². The highest BCUT2D eigenvalue weighted by molar-refractivity contribution is 6.46. The maximum atomic E-state index is 13.6. The molecule has 1 amide bonds. The van der Waals surface area contributed by atoms with Crippen molar-refractivity contribution in [3.8, 4) is 23.0 Å². The van der Waals surface area contributed by atoms with Gasteiger partial charge >= 0.3 is 0 Å². The predicted molar refractivity (Wildman–Crippen MR) is 156 cm³/mol. The van der Waals surface area contributed by atoms with Gasteiger partial charge in [-0.15, -0.1) is 0 Å². The fraction of sp³-hybridized carbons (Fsp3) is 0.500. The zero-order valence-electron chi connectivity index (χ0n) is 24.4. The lowest BCUT2D eigenvalue weighted by Crippen LogP contribution is -2.42. The van der Waals surface area contributed by atoms with Gasteiger partial charge in [-0.2, -0.15) is 0 Å². The molecule has 1 N–H and O–H groups in total. The van der Waals surface area contributed by atoms with E-state index in [2.05, 4.69) is 11.8 Å². The van der Waals surface area contributed by atoms with Gasteiger partial charge in [-0.05, 0) is 49.2 Å². The van der Waals surface area contributed by atoms with Crippen LogP contribution in [0.3, 0.4) is 0 Å². The molecule has 10 heteroatoms. The van der Waals surface area contributed by atoms with Gasteiger partial charge in [0.1, 0.15) is 19.0 Å². The summed E-state index contributed by atoms with van der Waals surface area (Å²) in [6.45, 7) is 9.50. The second-order valence-corrected chi connectivity index (χ2v) is 10.5. The molecular formula is C32H40N2O8. The number of ether oxygens (including phenoxy) is 5. The van der Waals surface area contributed by atoms with Crippen LogP contribution in [0.1, 0.15) is 50.3 Å². The van der Waals surface area contributed by atoms with E-state index in [0.29, 0.717) is 86.9 Å². The summed E-state index contributed by atoms with van der Waals surface area (Å²) in [5.74, 6) is 0.542. The summed E-state index contributed by atoms with van der Waals surface area (Å²) < 4.78 is 28.7. The van der Waals surface area contributed by atoms with Gasteiger partial charge in [0.2, 0.25) is 0 Å². The number of hydrogen-bond donors (Lipinski definition) is 1. The van der Waals surface area contributed by atoms with Crippen molar-refractivity contribution in [1.82, 2.24) is 9.80 Å². The molecule has 3 aliphatic heterocycles. The molecule has 2 fully saturated rings. The Balaban J connectivity index is 1.53. The zero-order valence-corrected chi connectivity index (χ0v) is 24.4. The minimum absolute atomic E-state index is 0.0257. The number of carbonyl (C=O) groups excluding carboxylic acids is 2. The monoisotopic (exact) mass is 580 g/mol. The topological polar surface area (TPSA) is 107 Å². The highest BCUT2D eigenvalue weighted by Crippen LogP contribution is 2.43. The lowest BCUT2D eigenvalue weighted by Gasteiger charge is -2.31. The fourth-order valence-electron chi connectivity index (χ4n) is 5.49. The minimum Gasteiger partial charge on any atom is -0.507 e. The molecule has 0 unspecified atom stereocenters. The second kappa shape index (κ2) is 13.9. The van der Waals surface area contributed by atoms with Crippen molar-refractivity contribution >= 4 is 17.4 Å². The summed E-state index contributed by atoms with van der Waals surface area (Å²) in [6.07, 6.45) is 3.09. The molecule has 2 saturated heterocycles. The third-order valence-electron chi connectivity index (χ3n) is 7.71. The summed E-state index contributed by atoms with van der Waals surface area (Å²) >= 11 is 0. The summed E-state index contributed by atoms with van der Waals surface area (Å²) in [6, 6.07) is 9.67. The molecular weight excluding hydrogens is 540 g/mol. The van der Waals surface area contributed by atoms with Crippen LogP contribution < -0.4 is 18.9 Å². The van der Waals surface area contributed by atoms with Crippen molar-refractivity contribution in [3.63, 3.8) is 0 Å². The molecule has 0 spiro atoms. The van der Waals surface area contributed by atoms with Crippen molar-refractivity contribution in [3.05, 3.63) is 53.1 Å². The molecule has 226 valence electrons. The van der Waals surface area contributed by atoms with Gasteiger partial charge < -0.3 is 33.7 Å². The number of likely N-dealkylation sites (tertiary alicyclic amines) is 1. The first-order valence-corrected chi connectivity index (χ1v) is 14.9. The molecule has 42 heavy (non-hydrogen) atoms. The minimum atomic E-state index is -0.812. The summed E-state index contributed by atoms with van der Waals surface area (Å²) in [4.78, 5) is 30.8. The zero-order chi connectivity index (χ0) is 29.5. The molecule has 2 aromatic rings. The van der Waals surface area contributed by atoms with E-state index in [9.17, 15) is 14.7 Å². The van der Waals surface area contributed by atoms with Crippen LogP contribution in [-0.2, 0) is 14.3 Å². The number of fused-ring (bicyclic) bond motifs is 1. The number of benzene rings is 2. The molecule has 3 heterocycles. The quantitative estimate of drug-likeness (QED) is 0.171. The Labute approximate surface area is 246 Å². The average Bonchev–Trinajstić information content (AvgIpc) is 3.27. The van der Waals surface area contributed by atoms with Gasteiger partial charge in [-0.1, -0.05) is 25.8 Å². The number of aliphatic hydroxyl groups excluding tert-OH is 1. The first-order valence-electron chi connectivity index (χ1n) is 14.9. The molecule has 3 aliphatic rings. The van der Waals surface area contributed by atoms with Crippen LogP contribution in [0.2, 0.25) is 0 Å². The van der Waals surface area contributed by atoms with Crippen LogP contribution in [0.4, 0.5) is 0 Å². The van der Waals surface area contributed by atoms with Crippen LogP contribution >= 0.6 is 0 Å². The van der Waals surface area contributed by atoms with E-state index in [-0.39, 0.29) is 11.3 Å². The molecule has 0 aromatic heterocycles. The van der Waals surface area contributed by atoms with Gasteiger partial charge in [-0.3, -0.25) is 14.5 Å². The Morgan fingerprint density at radius 2 is 1.69 bits per heavy atom. The van der Waals surface area contributed by atoms with Gasteiger partial charge in [0.15, 0.2) is 23.0 Å². The number of hydrogen-bond acceptors (Lipinski definition) is 9. The van der Waals surface area contributed by atoms with Crippen molar-refractivity contribution < 1.29 is 38.4 Å². The Hall–Kier alpha value is -3.76. The third kappa shape index (κ3) is 6.50. The summed E-state index contributed by atoms with van der Waals surface area (Å²) in [7, 11) is 0. The number of Topliss-reactive ketones (excluding diaryl/α,β-unsaturated/α-hetero) is 1. The normalized spacial score (nSPS) is 20.1. The maximum absolute atomic E-state index is 13.6. The van der Waals surface area contributed by atoms with E-state index >= 15 is 0 Å². The number of amides is 1. The standard InChI is InChI=1S/C32H40N2O8/c1-3-5-6-15-40-24-9-7-22(20-26(24)39-4-2)29-28(30(35)23-8-10-25-27(21-23)42-19-18-41-25)31(36)32(37)34(29)12-11-33-13-16-38-17-14-33/h7-10,20-21,29,35H,3-6,11-19H2,1-2H3/t29-/m1/s1.